The summed E-state index contributed by atoms with van der Waals surface area (Å²) in [6, 6.07) is 0. The van der Waals surface area contributed by atoms with Gasteiger partial charge < -0.3 is 4.74 Å². The lowest BCUT2D eigenvalue weighted by atomic mass is 9.70. The van der Waals surface area contributed by atoms with Gasteiger partial charge in [-0.25, -0.2) is 0 Å². The molecule has 0 heterocycles. The normalized spacial score (nSPS) is 40.4. The van der Waals surface area contributed by atoms with Crippen LogP contribution in [0.25, 0.3) is 0 Å². The lowest BCUT2D eigenvalue weighted by molar-refractivity contribution is -0.160. The zero-order chi connectivity index (χ0) is 12.1. The summed E-state index contributed by atoms with van der Waals surface area (Å²) in [6.45, 7) is 10.8. The number of carbonyl (C=O) groups excluding carboxylic acids is 1. The Bertz CT molecular complexity index is 306. The summed E-state index contributed by atoms with van der Waals surface area (Å²) in [5.41, 5.74) is 0.525. The Morgan fingerprint density at radius 2 is 1.94 bits per heavy atom. The van der Waals surface area contributed by atoms with E-state index in [1.807, 2.05) is 13.8 Å². The molecule has 2 saturated carbocycles. The van der Waals surface area contributed by atoms with Crippen LogP contribution >= 0.6 is 0 Å². The van der Waals surface area contributed by atoms with Crippen molar-refractivity contribution in [3.05, 3.63) is 0 Å². The Kier molecular flexibility index (Phi) is 2.60. The summed E-state index contributed by atoms with van der Waals surface area (Å²) in [7, 11) is 0. The van der Waals surface area contributed by atoms with E-state index >= 15 is 0 Å². The molecule has 2 rings (SSSR count). The molecule has 0 N–H and O–H groups in total. The molecule has 3 atom stereocenters. The Morgan fingerprint density at radius 1 is 1.31 bits per heavy atom. The first kappa shape index (κ1) is 11.9. The largest absolute Gasteiger partial charge is 0.462 e. The third-order valence-corrected chi connectivity index (χ3v) is 5.44. The summed E-state index contributed by atoms with van der Waals surface area (Å²) >= 11 is 0. The van der Waals surface area contributed by atoms with E-state index < -0.39 is 0 Å². The molecule has 0 spiro atoms. The predicted octanol–water partition coefficient (Wildman–Crippen LogP) is 3.40. The molecule has 0 aromatic heterocycles. The van der Waals surface area contributed by atoms with Crippen LogP contribution in [0.5, 0.6) is 0 Å². The van der Waals surface area contributed by atoms with Crippen LogP contribution < -0.4 is 0 Å². The van der Waals surface area contributed by atoms with Crippen LogP contribution in [-0.2, 0) is 9.53 Å². The molecule has 2 aliphatic carbocycles. The van der Waals surface area contributed by atoms with Gasteiger partial charge in [-0.2, -0.15) is 0 Å². The highest BCUT2D eigenvalue weighted by atomic mass is 16.5. The van der Waals surface area contributed by atoms with E-state index in [-0.39, 0.29) is 23.4 Å². The van der Waals surface area contributed by atoms with Crippen LogP contribution in [0, 0.1) is 22.7 Å². The SMILES string of the molecule is CC(C)C(=O)O[C@H]1C[C@H]2CC[C@]1(C)C2(C)C. The molecule has 0 amide bonds. The van der Waals surface area contributed by atoms with E-state index in [0.29, 0.717) is 5.41 Å². The van der Waals surface area contributed by atoms with Crippen molar-refractivity contribution in [2.75, 3.05) is 0 Å². The van der Waals surface area contributed by atoms with Crippen LogP contribution in [-0.4, -0.2) is 12.1 Å². The molecule has 2 fully saturated rings. The Labute approximate surface area is 98.7 Å². The number of hydrogen-bond donors (Lipinski definition) is 0. The second-order valence-electron chi connectivity index (χ2n) is 6.69. The second kappa shape index (κ2) is 3.48. The minimum Gasteiger partial charge on any atom is -0.462 e. The summed E-state index contributed by atoms with van der Waals surface area (Å²) in [5.74, 6) is 0.697. The van der Waals surface area contributed by atoms with Gasteiger partial charge in [-0.3, -0.25) is 4.79 Å². The van der Waals surface area contributed by atoms with Crippen LogP contribution in [0.4, 0.5) is 0 Å². The second-order valence-corrected chi connectivity index (χ2v) is 6.69. The van der Waals surface area contributed by atoms with Gasteiger partial charge in [0, 0.05) is 5.41 Å². The van der Waals surface area contributed by atoms with Crippen molar-refractivity contribution < 1.29 is 9.53 Å². The van der Waals surface area contributed by atoms with E-state index in [4.69, 9.17) is 4.74 Å². The van der Waals surface area contributed by atoms with Crippen molar-refractivity contribution >= 4 is 5.97 Å². The molecule has 92 valence electrons. The maximum absolute atomic E-state index is 11.7. The standard InChI is InChI=1S/C14H24O2/c1-9(2)12(15)16-11-8-10-6-7-14(11,5)13(10,3)4/h9-11H,6-8H2,1-5H3/t10-,11+,14+/m1/s1. The van der Waals surface area contributed by atoms with E-state index in [1.54, 1.807) is 0 Å². The molecule has 0 saturated heterocycles. The van der Waals surface area contributed by atoms with Crippen molar-refractivity contribution in [2.24, 2.45) is 22.7 Å². The molecule has 16 heavy (non-hydrogen) atoms. The number of carbonyl (C=O) groups is 1. The summed E-state index contributed by atoms with van der Waals surface area (Å²) in [6.07, 6.45) is 3.73. The summed E-state index contributed by atoms with van der Waals surface area (Å²) in [4.78, 5) is 11.7. The highest BCUT2D eigenvalue weighted by Crippen LogP contribution is 2.66. The van der Waals surface area contributed by atoms with Crippen LogP contribution in [0.15, 0.2) is 0 Å². The molecule has 2 heteroatoms. The molecule has 0 aliphatic heterocycles. The first-order valence-electron chi connectivity index (χ1n) is 6.49. The molecule has 0 unspecified atom stereocenters. The van der Waals surface area contributed by atoms with E-state index in [1.165, 1.54) is 12.8 Å². The number of rotatable bonds is 2. The maximum Gasteiger partial charge on any atom is 0.308 e. The number of hydrogen-bond acceptors (Lipinski definition) is 2. The molecule has 2 nitrogen and oxygen atoms in total. The zero-order valence-corrected chi connectivity index (χ0v) is 11.2. The van der Waals surface area contributed by atoms with Crippen molar-refractivity contribution in [1.82, 2.24) is 0 Å². The fraction of sp³-hybridized carbons (Fsp3) is 0.929. The number of esters is 1. The van der Waals surface area contributed by atoms with Crippen molar-refractivity contribution in [2.45, 2.75) is 60.0 Å². The third-order valence-electron chi connectivity index (χ3n) is 5.44. The highest BCUT2D eigenvalue weighted by Gasteiger charge is 2.62. The van der Waals surface area contributed by atoms with Crippen molar-refractivity contribution in [3.63, 3.8) is 0 Å². The fourth-order valence-corrected chi connectivity index (χ4v) is 3.58. The van der Waals surface area contributed by atoms with Crippen LogP contribution in [0.1, 0.15) is 53.9 Å². The number of fused-ring (bicyclic) bond motifs is 2. The number of ether oxygens (including phenoxy) is 1. The van der Waals surface area contributed by atoms with Crippen LogP contribution in [0.3, 0.4) is 0 Å². The Morgan fingerprint density at radius 3 is 2.31 bits per heavy atom. The highest BCUT2D eigenvalue weighted by molar-refractivity contribution is 5.71. The minimum absolute atomic E-state index is 0.00848. The molecule has 2 aliphatic rings. The Balaban J connectivity index is 2.13. The average molecular weight is 224 g/mol. The first-order valence-corrected chi connectivity index (χ1v) is 6.49. The van der Waals surface area contributed by atoms with E-state index in [0.717, 1.165) is 12.3 Å². The molecular formula is C14H24O2. The molecular weight excluding hydrogens is 200 g/mol. The maximum atomic E-state index is 11.7. The van der Waals surface area contributed by atoms with Gasteiger partial charge in [0.05, 0.1) is 5.92 Å². The van der Waals surface area contributed by atoms with Gasteiger partial charge in [0.15, 0.2) is 0 Å². The lowest BCUT2D eigenvalue weighted by Crippen LogP contribution is -2.39. The molecule has 0 aromatic rings. The monoisotopic (exact) mass is 224 g/mol. The van der Waals surface area contributed by atoms with Gasteiger partial charge in [-0.15, -0.1) is 0 Å². The molecule has 2 bridgehead atoms. The fourth-order valence-electron chi connectivity index (χ4n) is 3.58. The van der Waals surface area contributed by atoms with Gasteiger partial charge in [0.2, 0.25) is 0 Å². The van der Waals surface area contributed by atoms with Crippen molar-refractivity contribution in [3.8, 4) is 0 Å². The molecule has 0 radical (unpaired) electrons. The first-order chi connectivity index (χ1) is 7.29. The third kappa shape index (κ3) is 1.42. The quantitative estimate of drug-likeness (QED) is 0.672. The predicted molar refractivity (Wildman–Crippen MR) is 63.9 cm³/mol. The van der Waals surface area contributed by atoms with Crippen molar-refractivity contribution in [1.29, 1.82) is 0 Å². The van der Waals surface area contributed by atoms with E-state index in [9.17, 15) is 4.79 Å². The van der Waals surface area contributed by atoms with Gasteiger partial charge in [-0.05, 0) is 30.6 Å². The smallest absolute Gasteiger partial charge is 0.308 e. The molecule has 0 aromatic carbocycles. The minimum atomic E-state index is -0.0328. The van der Waals surface area contributed by atoms with Gasteiger partial charge >= 0.3 is 5.97 Å². The Hall–Kier alpha value is -0.530. The summed E-state index contributed by atoms with van der Waals surface area (Å²) < 4.78 is 5.71. The average Bonchev–Trinajstić information content (AvgIpc) is 2.50. The summed E-state index contributed by atoms with van der Waals surface area (Å²) in [5, 5.41) is 0. The lowest BCUT2D eigenvalue weighted by Gasteiger charge is -2.38. The zero-order valence-electron chi connectivity index (χ0n) is 11.2. The van der Waals surface area contributed by atoms with Crippen LogP contribution in [0.2, 0.25) is 0 Å². The van der Waals surface area contributed by atoms with Gasteiger partial charge in [0.25, 0.3) is 0 Å². The van der Waals surface area contributed by atoms with Gasteiger partial charge in [0.1, 0.15) is 6.10 Å². The topological polar surface area (TPSA) is 26.3 Å². The van der Waals surface area contributed by atoms with E-state index in [2.05, 4.69) is 20.8 Å². The van der Waals surface area contributed by atoms with Gasteiger partial charge in [-0.1, -0.05) is 34.6 Å².